The number of nitrogens with zero attached hydrogens (tertiary/aromatic N) is 1. The molecule has 0 heterocycles. The van der Waals surface area contributed by atoms with Crippen molar-refractivity contribution in [2.24, 2.45) is 51.2 Å². The Morgan fingerprint density at radius 3 is 2.30 bits per heavy atom. The Bertz CT molecular complexity index is 1400. The van der Waals surface area contributed by atoms with Crippen molar-refractivity contribution in [2.45, 2.75) is 105 Å². The second kappa shape index (κ2) is 12.7. The number of carboxylic acids is 2. The summed E-state index contributed by atoms with van der Waals surface area (Å²) in [4.78, 5) is 38.5. The zero-order chi connectivity index (χ0) is 33.8. The fourth-order valence-electron chi connectivity index (χ4n) is 12.7. The van der Waals surface area contributed by atoms with E-state index >= 15 is 0 Å². The Kier molecular flexibility index (Phi) is 9.21. The van der Waals surface area contributed by atoms with E-state index in [1.807, 2.05) is 24.0 Å². The fourth-order valence-corrected chi connectivity index (χ4v) is 12.7. The number of benzene rings is 1. The maximum atomic E-state index is 14.0. The van der Waals surface area contributed by atoms with Crippen LogP contribution in [0.3, 0.4) is 0 Å². The van der Waals surface area contributed by atoms with Gasteiger partial charge in [-0.15, -0.1) is 0 Å². The van der Waals surface area contributed by atoms with Gasteiger partial charge in [-0.05, 0) is 140 Å². The van der Waals surface area contributed by atoms with Gasteiger partial charge < -0.3 is 15.5 Å². The summed E-state index contributed by atoms with van der Waals surface area (Å²) in [6.45, 7) is 14.1. The number of fused-ring (bicyclic) bond motifs is 7. The molecule has 7 heteroatoms. The van der Waals surface area contributed by atoms with E-state index in [0.29, 0.717) is 54.8 Å². The Labute approximate surface area is 282 Å². The van der Waals surface area contributed by atoms with Crippen molar-refractivity contribution in [3.63, 3.8) is 0 Å². The van der Waals surface area contributed by atoms with Crippen molar-refractivity contribution in [3.05, 3.63) is 41.5 Å². The minimum Gasteiger partial charge on any atom is -0.480 e. The van der Waals surface area contributed by atoms with E-state index in [9.17, 15) is 19.5 Å². The average molecular weight is 647 g/mol. The maximum Gasteiger partial charge on any atom is 0.335 e. The molecular weight excluding hydrogens is 588 g/mol. The van der Waals surface area contributed by atoms with Crippen LogP contribution < -0.4 is 5.32 Å². The number of likely N-dealkylation sites (N-methyl/N-ethyl adjacent to an activating group) is 1. The molecule has 1 amide bonds. The first kappa shape index (κ1) is 34.2. The van der Waals surface area contributed by atoms with Gasteiger partial charge in [-0.25, -0.2) is 4.79 Å². The van der Waals surface area contributed by atoms with Gasteiger partial charge in [-0.3, -0.25) is 14.5 Å². The van der Waals surface area contributed by atoms with Crippen LogP contribution in [0.25, 0.3) is 5.57 Å². The number of carbonyl (C=O) groups excluding carboxylic acids is 1. The van der Waals surface area contributed by atoms with Crippen LogP contribution in [-0.4, -0.2) is 59.1 Å². The molecule has 47 heavy (non-hydrogen) atoms. The van der Waals surface area contributed by atoms with Crippen molar-refractivity contribution in [2.75, 3.05) is 26.2 Å². The number of rotatable bonds is 10. The van der Waals surface area contributed by atoms with E-state index in [2.05, 4.69) is 39.1 Å². The fraction of sp³-hybridized carbons (Fsp3) is 0.725. The zero-order valence-corrected chi connectivity index (χ0v) is 29.4. The number of carbonyl (C=O) groups is 3. The smallest absolute Gasteiger partial charge is 0.335 e. The highest BCUT2D eigenvalue weighted by molar-refractivity contribution is 5.88. The monoisotopic (exact) mass is 646 g/mol. The van der Waals surface area contributed by atoms with Gasteiger partial charge in [0, 0.05) is 13.1 Å². The van der Waals surface area contributed by atoms with E-state index in [-0.39, 0.29) is 34.1 Å². The predicted molar refractivity (Wildman–Crippen MR) is 185 cm³/mol. The van der Waals surface area contributed by atoms with Gasteiger partial charge >= 0.3 is 11.9 Å². The number of hydrogen-bond acceptors (Lipinski definition) is 4. The van der Waals surface area contributed by atoms with Crippen LogP contribution >= 0.6 is 0 Å². The number of allylic oxidation sites excluding steroid dienone is 2. The molecule has 8 atom stereocenters. The molecule has 0 aromatic heterocycles. The molecule has 0 saturated heterocycles. The SMILES string of the molecule is CCN(CCCNC(=O)C12CCCC1C1CCC3C(C)(CCC4C(C)(C)C(c5ccc(C(=O)O)cc5)=CCC43C)C1CC2)CC(=O)O. The van der Waals surface area contributed by atoms with Crippen molar-refractivity contribution in [1.82, 2.24) is 10.2 Å². The van der Waals surface area contributed by atoms with Crippen LogP contribution in [0.1, 0.15) is 121 Å². The molecule has 0 spiro atoms. The predicted octanol–water partition coefficient (Wildman–Crippen LogP) is 7.76. The Balaban J connectivity index is 1.17. The third-order valence-electron chi connectivity index (χ3n) is 14.7. The summed E-state index contributed by atoms with van der Waals surface area (Å²) in [7, 11) is 0. The second-order valence-electron chi connectivity index (χ2n) is 17.0. The first-order valence-corrected chi connectivity index (χ1v) is 18.5. The van der Waals surface area contributed by atoms with Crippen molar-refractivity contribution in [3.8, 4) is 0 Å². The zero-order valence-electron chi connectivity index (χ0n) is 29.4. The van der Waals surface area contributed by atoms with E-state index in [0.717, 1.165) is 44.1 Å². The summed E-state index contributed by atoms with van der Waals surface area (Å²) >= 11 is 0. The number of carboxylic acid groups (broad SMARTS) is 2. The van der Waals surface area contributed by atoms with Crippen LogP contribution in [0.2, 0.25) is 0 Å². The van der Waals surface area contributed by atoms with Crippen LogP contribution in [0.5, 0.6) is 0 Å². The van der Waals surface area contributed by atoms with E-state index in [1.54, 1.807) is 12.1 Å². The van der Waals surface area contributed by atoms with E-state index < -0.39 is 11.9 Å². The number of aliphatic carboxylic acids is 1. The molecule has 4 saturated carbocycles. The first-order valence-electron chi connectivity index (χ1n) is 18.5. The van der Waals surface area contributed by atoms with Crippen LogP contribution in [0.15, 0.2) is 30.3 Å². The van der Waals surface area contributed by atoms with Crippen LogP contribution in [0.4, 0.5) is 0 Å². The lowest BCUT2D eigenvalue weighted by Gasteiger charge is -2.68. The van der Waals surface area contributed by atoms with Gasteiger partial charge in [0.15, 0.2) is 0 Å². The lowest BCUT2D eigenvalue weighted by atomic mass is 9.36. The Morgan fingerprint density at radius 2 is 1.62 bits per heavy atom. The molecule has 258 valence electrons. The standard InChI is InChI=1S/C40H58N2O5/c1-6-42(25-34(43)44)24-8-23-41-36(47)40-19-7-9-31(40)28-14-15-33-38(4,30(28)17-22-40)21-18-32-37(2,3)29(16-20-39(32,33)5)26-10-12-27(13-11-26)35(45)46/h10-13,16,28,30-33H,6-9,14-15,17-25H2,1-5H3,(H,41,47)(H,43,44)(H,45,46). The third-order valence-corrected chi connectivity index (χ3v) is 14.7. The summed E-state index contributed by atoms with van der Waals surface area (Å²) in [6, 6.07) is 7.50. The number of hydrogen-bond donors (Lipinski definition) is 3. The Morgan fingerprint density at radius 1 is 0.872 bits per heavy atom. The first-order chi connectivity index (χ1) is 22.3. The summed E-state index contributed by atoms with van der Waals surface area (Å²) in [6.07, 6.45) is 14.8. The van der Waals surface area contributed by atoms with Gasteiger partial charge in [-0.1, -0.05) is 59.2 Å². The van der Waals surface area contributed by atoms with Crippen LogP contribution in [-0.2, 0) is 9.59 Å². The van der Waals surface area contributed by atoms with Crippen molar-refractivity contribution in [1.29, 1.82) is 0 Å². The maximum absolute atomic E-state index is 14.0. The molecule has 1 aromatic carbocycles. The van der Waals surface area contributed by atoms with Crippen LogP contribution in [0, 0.1) is 51.2 Å². The summed E-state index contributed by atoms with van der Waals surface area (Å²) in [5, 5.41) is 21.9. The average Bonchev–Trinajstić information content (AvgIpc) is 3.48. The van der Waals surface area contributed by atoms with Gasteiger partial charge in [0.05, 0.1) is 17.5 Å². The highest BCUT2D eigenvalue weighted by atomic mass is 16.4. The minimum absolute atomic E-state index is 0.00294. The van der Waals surface area contributed by atoms with Gasteiger partial charge in [0.1, 0.15) is 0 Å². The Hall–Kier alpha value is -2.67. The molecule has 7 nitrogen and oxygen atoms in total. The highest BCUT2D eigenvalue weighted by Gasteiger charge is 2.66. The highest BCUT2D eigenvalue weighted by Crippen LogP contribution is 2.73. The molecule has 8 unspecified atom stereocenters. The molecule has 0 bridgehead atoms. The van der Waals surface area contributed by atoms with E-state index in [1.165, 1.54) is 37.7 Å². The second-order valence-corrected chi connectivity index (χ2v) is 17.0. The minimum atomic E-state index is -0.880. The largest absolute Gasteiger partial charge is 0.480 e. The lowest BCUT2D eigenvalue weighted by Crippen LogP contribution is -2.62. The van der Waals surface area contributed by atoms with Gasteiger partial charge in [0.2, 0.25) is 5.91 Å². The third kappa shape index (κ3) is 5.66. The molecular formula is C40H58N2O5. The molecule has 4 fully saturated rings. The van der Waals surface area contributed by atoms with Gasteiger partial charge in [0.25, 0.3) is 0 Å². The molecule has 3 N–H and O–H groups in total. The normalized spacial score (nSPS) is 37.1. The molecule has 0 aliphatic heterocycles. The van der Waals surface area contributed by atoms with Crippen molar-refractivity contribution >= 4 is 23.4 Å². The number of aromatic carboxylic acids is 1. The molecule has 5 aliphatic carbocycles. The number of nitrogens with one attached hydrogen (secondary N) is 1. The summed E-state index contributed by atoms with van der Waals surface area (Å²) < 4.78 is 0. The summed E-state index contributed by atoms with van der Waals surface area (Å²) in [5.41, 5.74) is 3.16. The van der Waals surface area contributed by atoms with Gasteiger partial charge in [-0.2, -0.15) is 0 Å². The van der Waals surface area contributed by atoms with Crippen molar-refractivity contribution < 1.29 is 24.6 Å². The molecule has 1 aromatic rings. The molecule has 5 aliphatic rings. The van der Waals surface area contributed by atoms with E-state index in [4.69, 9.17) is 5.11 Å². The molecule has 0 radical (unpaired) electrons. The number of amides is 1. The lowest BCUT2D eigenvalue weighted by molar-refractivity contribution is -0.181. The molecule has 6 rings (SSSR count). The quantitative estimate of drug-likeness (QED) is 0.224. The topological polar surface area (TPSA) is 107 Å². The summed E-state index contributed by atoms with van der Waals surface area (Å²) in [5.74, 6) is 1.60.